The van der Waals surface area contributed by atoms with Crippen molar-refractivity contribution >= 4 is 15.8 Å². The van der Waals surface area contributed by atoms with E-state index < -0.39 is 9.84 Å². The zero-order valence-electron chi connectivity index (χ0n) is 15.3. The summed E-state index contributed by atoms with van der Waals surface area (Å²) in [5.41, 5.74) is 2.53. The van der Waals surface area contributed by atoms with Gasteiger partial charge in [0.25, 0.3) is 0 Å². The Bertz CT molecular complexity index is 738. The van der Waals surface area contributed by atoms with Crippen molar-refractivity contribution in [2.24, 2.45) is 10.9 Å². The molecule has 0 radical (unpaired) electrons. The predicted octanol–water partition coefficient (Wildman–Crippen LogP) is 0.921. The first kappa shape index (κ1) is 18.2. The maximum Gasteiger partial charge on any atom is 0.191 e. The van der Waals surface area contributed by atoms with Crippen LogP contribution in [0.5, 0.6) is 0 Å². The van der Waals surface area contributed by atoms with E-state index in [4.69, 9.17) is 5.10 Å². The van der Waals surface area contributed by atoms with Crippen molar-refractivity contribution in [1.29, 1.82) is 0 Å². The molecule has 2 aliphatic rings. The van der Waals surface area contributed by atoms with Gasteiger partial charge in [-0.1, -0.05) is 0 Å². The lowest BCUT2D eigenvalue weighted by molar-refractivity contribution is 0.495. The van der Waals surface area contributed by atoms with E-state index in [1.54, 1.807) is 7.05 Å². The van der Waals surface area contributed by atoms with Crippen LogP contribution < -0.4 is 10.6 Å². The fourth-order valence-electron chi connectivity index (χ4n) is 3.56. The minimum Gasteiger partial charge on any atom is -0.356 e. The van der Waals surface area contributed by atoms with Crippen LogP contribution in [0.2, 0.25) is 0 Å². The third-order valence-electron chi connectivity index (χ3n) is 5.08. The second-order valence-corrected chi connectivity index (χ2v) is 9.71. The van der Waals surface area contributed by atoms with Crippen LogP contribution in [0.25, 0.3) is 0 Å². The maximum absolute atomic E-state index is 11.6. The fourth-order valence-corrected chi connectivity index (χ4v) is 5.42. The van der Waals surface area contributed by atoms with Gasteiger partial charge in [0.1, 0.15) is 0 Å². The van der Waals surface area contributed by atoms with Gasteiger partial charge in [-0.25, -0.2) is 8.42 Å². The maximum atomic E-state index is 11.6. The average Bonchev–Trinajstić information content (AvgIpc) is 3.13. The summed E-state index contributed by atoms with van der Waals surface area (Å²) in [5.74, 6) is 1.54. The second-order valence-electron chi connectivity index (χ2n) is 7.48. The highest BCUT2D eigenvalue weighted by Gasteiger charge is 2.28. The van der Waals surface area contributed by atoms with Gasteiger partial charge in [-0.15, -0.1) is 0 Å². The lowest BCUT2D eigenvalue weighted by Crippen LogP contribution is -2.46. The molecule has 1 aliphatic heterocycles. The normalized spacial score (nSPS) is 25.8. The van der Waals surface area contributed by atoms with Crippen molar-refractivity contribution in [3.8, 4) is 0 Å². The Morgan fingerprint density at radius 2 is 2.24 bits per heavy atom. The molecule has 0 spiro atoms. The Morgan fingerprint density at radius 1 is 1.44 bits per heavy atom. The van der Waals surface area contributed by atoms with Crippen molar-refractivity contribution in [2.45, 2.75) is 51.6 Å². The smallest absolute Gasteiger partial charge is 0.191 e. The lowest BCUT2D eigenvalue weighted by atomic mass is 9.94. The molecule has 2 atom stereocenters. The van der Waals surface area contributed by atoms with Crippen molar-refractivity contribution in [3.05, 3.63) is 17.5 Å². The van der Waals surface area contributed by atoms with E-state index in [0.29, 0.717) is 24.4 Å². The number of nitrogens with zero attached hydrogens (tertiary/aromatic N) is 3. The molecule has 1 aromatic heterocycles. The molecule has 3 rings (SSSR count). The minimum atomic E-state index is -2.83. The molecule has 7 nitrogen and oxygen atoms in total. The third kappa shape index (κ3) is 4.54. The van der Waals surface area contributed by atoms with Crippen LogP contribution in [0.3, 0.4) is 0 Å². The number of aliphatic imine (C=N–C) groups is 1. The van der Waals surface area contributed by atoms with E-state index in [2.05, 4.69) is 35.7 Å². The molecule has 8 heteroatoms. The minimum absolute atomic E-state index is 0.184. The molecule has 25 heavy (non-hydrogen) atoms. The Hall–Kier alpha value is -1.57. The van der Waals surface area contributed by atoms with E-state index >= 15 is 0 Å². The van der Waals surface area contributed by atoms with Crippen molar-refractivity contribution in [3.63, 3.8) is 0 Å². The quantitative estimate of drug-likeness (QED) is 0.610. The number of guanidine groups is 1. The highest BCUT2D eigenvalue weighted by molar-refractivity contribution is 7.91. The number of fused-ring (bicyclic) bond motifs is 1. The highest BCUT2D eigenvalue weighted by atomic mass is 32.2. The average molecular weight is 368 g/mol. The van der Waals surface area contributed by atoms with Gasteiger partial charge in [0.2, 0.25) is 0 Å². The van der Waals surface area contributed by atoms with E-state index in [0.717, 1.165) is 31.6 Å². The summed E-state index contributed by atoms with van der Waals surface area (Å²) in [7, 11) is -1.07. The van der Waals surface area contributed by atoms with Gasteiger partial charge in [0, 0.05) is 38.3 Å². The summed E-state index contributed by atoms with van der Waals surface area (Å²) >= 11 is 0. The molecule has 2 N–H and O–H groups in total. The second kappa shape index (κ2) is 7.35. The van der Waals surface area contributed by atoms with Crippen LogP contribution in [0, 0.1) is 5.92 Å². The summed E-state index contributed by atoms with van der Waals surface area (Å²) in [5, 5.41) is 11.5. The van der Waals surface area contributed by atoms with Crippen molar-refractivity contribution in [1.82, 2.24) is 20.4 Å². The Kier molecular flexibility index (Phi) is 5.36. The van der Waals surface area contributed by atoms with Crippen LogP contribution in [-0.4, -0.2) is 55.3 Å². The molecule has 0 bridgehead atoms. The SMILES string of the molecule is CN=C(NCC1CCS(=O)(=O)C1)NC1CCc2cn(C(C)C)nc2C1. The predicted molar refractivity (Wildman–Crippen MR) is 99.7 cm³/mol. The van der Waals surface area contributed by atoms with Gasteiger partial charge >= 0.3 is 0 Å². The Labute approximate surface area is 150 Å². The number of nitrogens with one attached hydrogen (secondary N) is 2. The topological polar surface area (TPSA) is 88.4 Å². The van der Waals surface area contributed by atoms with Gasteiger partial charge in [0.15, 0.2) is 15.8 Å². The van der Waals surface area contributed by atoms with E-state index in [9.17, 15) is 8.42 Å². The van der Waals surface area contributed by atoms with E-state index in [-0.39, 0.29) is 11.7 Å². The molecule has 0 amide bonds. The first-order valence-corrected chi connectivity index (χ1v) is 10.9. The molecule has 1 aliphatic carbocycles. The van der Waals surface area contributed by atoms with Crippen LogP contribution in [-0.2, 0) is 22.7 Å². The first-order chi connectivity index (χ1) is 11.9. The first-order valence-electron chi connectivity index (χ1n) is 9.11. The standard InChI is InChI=1S/C17H29N5O2S/c1-12(2)22-10-14-4-5-15(8-16(14)21-22)20-17(18-3)19-9-13-6-7-25(23,24)11-13/h10,12-13,15H,4-9,11H2,1-3H3,(H2,18,19,20). The lowest BCUT2D eigenvalue weighted by Gasteiger charge is -2.25. The number of hydrogen-bond donors (Lipinski definition) is 2. The molecule has 0 saturated carbocycles. The molecule has 0 aromatic carbocycles. The molecule has 2 heterocycles. The van der Waals surface area contributed by atoms with Crippen molar-refractivity contribution < 1.29 is 8.42 Å². The summed E-state index contributed by atoms with van der Waals surface area (Å²) in [4.78, 5) is 4.29. The number of aromatic nitrogens is 2. The van der Waals surface area contributed by atoms with Crippen LogP contribution in [0.4, 0.5) is 0 Å². The number of hydrogen-bond acceptors (Lipinski definition) is 4. The van der Waals surface area contributed by atoms with Gasteiger partial charge in [0.05, 0.1) is 17.2 Å². The van der Waals surface area contributed by atoms with Gasteiger partial charge in [-0.3, -0.25) is 9.67 Å². The zero-order chi connectivity index (χ0) is 18.0. The highest BCUT2D eigenvalue weighted by Crippen LogP contribution is 2.22. The number of aryl methyl sites for hydroxylation is 1. The molecule has 1 fully saturated rings. The van der Waals surface area contributed by atoms with Crippen LogP contribution in [0.1, 0.15) is 44.0 Å². The fraction of sp³-hybridized carbons (Fsp3) is 0.765. The molecule has 1 aromatic rings. The molecular formula is C17H29N5O2S. The summed E-state index contributed by atoms with van der Waals surface area (Å²) in [6.07, 6.45) is 5.88. The summed E-state index contributed by atoms with van der Waals surface area (Å²) in [6.45, 7) is 4.94. The Morgan fingerprint density at radius 3 is 2.88 bits per heavy atom. The Balaban J connectivity index is 1.52. The zero-order valence-corrected chi connectivity index (χ0v) is 16.1. The monoisotopic (exact) mass is 367 g/mol. The largest absolute Gasteiger partial charge is 0.356 e. The number of sulfone groups is 1. The van der Waals surface area contributed by atoms with Gasteiger partial charge < -0.3 is 10.6 Å². The summed E-state index contributed by atoms with van der Waals surface area (Å²) in [6, 6.07) is 0.690. The van der Waals surface area contributed by atoms with Crippen molar-refractivity contribution in [2.75, 3.05) is 25.1 Å². The number of rotatable bonds is 4. The third-order valence-corrected chi connectivity index (χ3v) is 6.91. The molecule has 2 unspecified atom stereocenters. The van der Waals surface area contributed by atoms with Gasteiger partial charge in [-0.2, -0.15) is 5.10 Å². The van der Waals surface area contributed by atoms with E-state index in [1.807, 2.05) is 4.68 Å². The summed E-state index contributed by atoms with van der Waals surface area (Å²) < 4.78 is 25.2. The molecule has 140 valence electrons. The van der Waals surface area contributed by atoms with Crippen LogP contribution in [0.15, 0.2) is 11.2 Å². The molecular weight excluding hydrogens is 338 g/mol. The van der Waals surface area contributed by atoms with Gasteiger partial charge in [-0.05, 0) is 44.6 Å². The van der Waals surface area contributed by atoms with E-state index in [1.165, 1.54) is 11.3 Å². The van der Waals surface area contributed by atoms with Crippen LogP contribution >= 0.6 is 0 Å². The molecule has 1 saturated heterocycles.